The first-order valence-corrected chi connectivity index (χ1v) is 6.06. The lowest BCUT2D eigenvalue weighted by Gasteiger charge is -2.12. The molecule has 0 aliphatic carbocycles. The Morgan fingerprint density at radius 1 is 1.71 bits per heavy atom. The van der Waals surface area contributed by atoms with Crippen LogP contribution in [0.4, 0.5) is 5.95 Å². The van der Waals surface area contributed by atoms with E-state index in [1.807, 2.05) is 23.8 Å². The van der Waals surface area contributed by atoms with Gasteiger partial charge in [-0.05, 0) is 29.3 Å². The number of aromatic nitrogens is 3. The Morgan fingerprint density at radius 2 is 2.53 bits per heavy atom. The largest absolute Gasteiger partial charge is 0.367 e. The summed E-state index contributed by atoms with van der Waals surface area (Å²) in [5, 5.41) is 10.7. The molecule has 0 saturated heterocycles. The normalized spacial score (nSPS) is 12.3. The molecule has 3 N–H and O–H groups in total. The van der Waals surface area contributed by atoms with Crippen LogP contribution in [0.5, 0.6) is 0 Å². The number of amides is 1. The number of carbonyl (C=O) groups excluding carboxylic acids is 1. The van der Waals surface area contributed by atoms with Crippen molar-refractivity contribution < 1.29 is 4.79 Å². The predicted molar refractivity (Wildman–Crippen MR) is 65.3 cm³/mol. The number of nitrogens with one attached hydrogen (secondary N) is 1. The highest BCUT2D eigenvalue weighted by Gasteiger charge is 2.10. The number of hydrogen-bond acceptors (Lipinski definition) is 5. The van der Waals surface area contributed by atoms with E-state index >= 15 is 0 Å². The maximum atomic E-state index is 11.7. The van der Waals surface area contributed by atoms with E-state index in [2.05, 4.69) is 15.4 Å². The molecule has 0 aromatic carbocycles. The lowest BCUT2D eigenvalue weighted by molar-refractivity contribution is -0.122. The smallest absolute Gasteiger partial charge is 0.242 e. The monoisotopic (exact) mass is 251 g/mol. The Bertz CT molecular complexity index is 493. The van der Waals surface area contributed by atoms with Gasteiger partial charge < -0.3 is 11.1 Å². The van der Waals surface area contributed by atoms with Gasteiger partial charge in [-0.3, -0.25) is 4.79 Å². The summed E-state index contributed by atoms with van der Waals surface area (Å²) in [5.74, 6) is 0.0530. The van der Waals surface area contributed by atoms with Gasteiger partial charge in [0.05, 0.1) is 6.04 Å². The zero-order chi connectivity index (χ0) is 12.3. The van der Waals surface area contributed by atoms with E-state index in [9.17, 15) is 4.79 Å². The minimum absolute atomic E-state index is 0.00498. The number of hydrogen-bond donors (Lipinski definition) is 2. The van der Waals surface area contributed by atoms with Gasteiger partial charge in [0.1, 0.15) is 12.9 Å². The molecule has 2 heterocycles. The van der Waals surface area contributed by atoms with Crippen LogP contribution in [0.25, 0.3) is 0 Å². The third-order valence-electron chi connectivity index (χ3n) is 2.28. The standard InChI is InChI=1S/C10H13N5OS/c1-7(8-2-3-17-5-8)13-9(16)4-15-6-12-10(11)14-15/h2-3,5-7H,4H2,1H3,(H2,11,14)(H,13,16). The molecule has 17 heavy (non-hydrogen) atoms. The molecule has 0 saturated carbocycles. The summed E-state index contributed by atoms with van der Waals surface area (Å²) in [6.07, 6.45) is 1.43. The highest BCUT2D eigenvalue weighted by molar-refractivity contribution is 7.07. The van der Waals surface area contributed by atoms with E-state index in [4.69, 9.17) is 5.73 Å². The number of nitrogens with two attached hydrogens (primary N) is 1. The van der Waals surface area contributed by atoms with Gasteiger partial charge in [-0.2, -0.15) is 11.3 Å². The van der Waals surface area contributed by atoms with E-state index in [0.717, 1.165) is 5.56 Å². The molecule has 2 rings (SSSR count). The molecule has 0 fully saturated rings. The minimum Gasteiger partial charge on any atom is -0.367 e. The number of thiophene rings is 1. The molecule has 0 spiro atoms. The highest BCUT2D eigenvalue weighted by atomic mass is 32.1. The molecule has 6 nitrogen and oxygen atoms in total. The summed E-state index contributed by atoms with van der Waals surface area (Å²) in [7, 11) is 0. The predicted octanol–water partition coefficient (Wildman–Crippen LogP) is 0.799. The lowest BCUT2D eigenvalue weighted by atomic mass is 10.2. The van der Waals surface area contributed by atoms with Crippen LogP contribution in [0, 0.1) is 0 Å². The molecular formula is C10H13N5OS. The van der Waals surface area contributed by atoms with Gasteiger partial charge in [0, 0.05) is 0 Å². The van der Waals surface area contributed by atoms with Gasteiger partial charge in [0.2, 0.25) is 11.9 Å². The quantitative estimate of drug-likeness (QED) is 0.841. The van der Waals surface area contributed by atoms with Gasteiger partial charge in [0.25, 0.3) is 0 Å². The van der Waals surface area contributed by atoms with Crippen molar-refractivity contribution in [1.29, 1.82) is 0 Å². The second-order valence-electron chi connectivity index (χ2n) is 3.65. The van der Waals surface area contributed by atoms with Crippen LogP contribution in [-0.4, -0.2) is 20.7 Å². The molecule has 2 aromatic heterocycles. The Kier molecular flexibility index (Phi) is 3.38. The first-order chi connectivity index (χ1) is 8.15. The summed E-state index contributed by atoms with van der Waals surface area (Å²) in [5.41, 5.74) is 6.46. The fourth-order valence-corrected chi connectivity index (χ4v) is 2.18. The first kappa shape index (κ1) is 11.6. The fraction of sp³-hybridized carbons (Fsp3) is 0.300. The summed E-state index contributed by atoms with van der Waals surface area (Å²) >= 11 is 1.61. The lowest BCUT2D eigenvalue weighted by Crippen LogP contribution is -2.30. The SMILES string of the molecule is CC(NC(=O)Cn1cnc(N)n1)c1ccsc1. The Labute approximate surface area is 102 Å². The van der Waals surface area contributed by atoms with E-state index in [0.29, 0.717) is 0 Å². The van der Waals surface area contributed by atoms with Crippen molar-refractivity contribution in [3.05, 3.63) is 28.7 Å². The Balaban J connectivity index is 1.89. The maximum absolute atomic E-state index is 11.7. The van der Waals surface area contributed by atoms with Gasteiger partial charge in [-0.15, -0.1) is 5.10 Å². The molecule has 0 radical (unpaired) electrons. The van der Waals surface area contributed by atoms with Gasteiger partial charge >= 0.3 is 0 Å². The van der Waals surface area contributed by atoms with E-state index < -0.39 is 0 Å². The van der Waals surface area contributed by atoms with Crippen LogP contribution < -0.4 is 11.1 Å². The van der Waals surface area contributed by atoms with Gasteiger partial charge in [0.15, 0.2) is 0 Å². The Morgan fingerprint density at radius 3 is 3.12 bits per heavy atom. The van der Waals surface area contributed by atoms with Crippen molar-refractivity contribution in [2.75, 3.05) is 5.73 Å². The molecule has 2 aromatic rings. The zero-order valence-electron chi connectivity index (χ0n) is 9.33. The van der Waals surface area contributed by atoms with E-state index in [1.165, 1.54) is 11.0 Å². The zero-order valence-corrected chi connectivity index (χ0v) is 10.1. The van der Waals surface area contributed by atoms with Crippen LogP contribution in [0.15, 0.2) is 23.2 Å². The molecule has 1 atom stereocenters. The average Bonchev–Trinajstić information content (AvgIpc) is 2.89. The number of rotatable bonds is 4. The Hall–Kier alpha value is -1.89. The van der Waals surface area contributed by atoms with Crippen molar-refractivity contribution in [3.8, 4) is 0 Å². The van der Waals surface area contributed by atoms with Crippen LogP contribution >= 0.6 is 11.3 Å². The summed E-state index contributed by atoms with van der Waals surface area (Å²) in [4.78, 5) is 15.4. The highest BCUT2D eigenvalue weighted by Crippen LogP contribution is 2.15. The van der Waals surface area contributed by atoms with E-state index in [-0.39, 0.29) is 24.4 Å². The molecule has 90 valence electrons. The molecule has 1 amide bonds. The topological polar surface area (TPSA) is 85.8 Å². The first-order valence-electron chi connectivity index (χ1n) is 5.11. The summed E-state index contributed by atoms with van der Waals surface area (Å²) in [6.45, 7) is 2.06. The molecule has 0 aliphatic heterocycles. The number of carbonyl (C=O) groups is 1. The van der Waals surface area contributed by atoms with Crippen LogP contribution in [0.1, 0.15) is 18.5 Å². The average molecular weight is 251 g/mol. The number of nitrogens with zero attached hydrogens (tertiary/aromatic N) is 3. The van der Waals surface area contributed by atoms with Crippen molar-refractivity contribution >= 4 is 23.2 Å². The molecule has 1 unspecified atom stereocenters. The summed E-state index contributed by atoms with van der Waals surface area (Å²) in [6, 6.07) is 1.98. The summed E-state index contributed by atoms with van der Waals surface area (Å²) < 4.78 is 1.41. The molecule has 0 aliphatic rings. The van der Waals surface area contributed by atoms with E-state index in [1.54, 1.807) is 11.3 Å². The van der Waals surface area contributed by atoms with Gasteiger partial charge in [-0.25, -0.2) is 9.67 Å². The third kappa shape index (κ3) is 3.04. The van der Waals surface area contributed by atoms with Crippen LogP contribution in [-0.2, 0) is 11.3 Å². The van der Waals surface area contributed by atoms with Gasteiger partial charge in [-0.1, -0.05) is 0 Å². The fourth-order valence-electron chi connectivity index (χ4n) is 1.42. The van der Waals surface area contributed by atoms with Crippen LogP contribution in [0.2, 0.25) is 0 Å². The van der Waals surface area contributed by atoms with Crippen molar-refractivity contribution in [2.45, 2.75) is 19.5 Å². The molecular weight excluding hydrogens is 238 g/mol. The van der Waals surface area contributed by atoms with Crippen molar-refractivity contribution in [3.63, 3.8) is 0 Å². The maximum Gasteiger partial charge on any atom is 0.242 e. The molecule has 0 bridgehead atoms. The number of nitrogen functional groups attached to an aromatic ring is 1. The minimum atomic E-state index is -0.117. The molecule has 7 heteroatoms. The second-order valence-corrected chi connectivity index (χ2v) is 4.43. The van der Waals surface area contributed by atoms with Crippen LogP contribution in [0.3, 0.4) is 0 Å². The van der Waals surface area contributed by atoms with Crippen molar-refractivity contribution in [2.24, 2.45) is 0 Å². The third-order valence-corrected chi connectivity index (χ3v) is 2.98. The van der Waals surface area contributed by atoms with Crippen molar-refractivity contribution in [1.82, 2.24) is 20.1 Å². The number of anilines is 1. The second kappa shape index (κ2) is 4.96.